The van der Waals surface area contributed by atoms with Gasteiger partial charge < -0.3 is 0 Å². The highest BCUT2D eigenvalue weighted by Gasteiger charge is 2.14. The fourth-order valence-electron chi connectivity index (χ4n) is 1.44. The Morgan fingerprint density at radius 2 is 2.12 bits per heavy atom. The van der Waals surface area contributed by atoms with Gasteiger partial charge in [0.1, 0.15) is 0 Å². The molecule has 0 bridgehead atoms. The maximum atomic E-state index is 6.48. The molecule has 1 atom stereocenters. The second-order valence-electron chi connectivity index (χ2n) is 3.52. The predicted molar refractivity (Wildman–Crippen MR) is 83.6 cm³/mol. The summed E-state index contributed by atoms with van der Waals surface area (Å²) in [5.41, 5.74) is 2.40. The Morgan fingerprint density at radius 1 is 1.38 bits per heavy atom. The third-order valence-electron chi connectivity index (χ3n) is 2.27. The van der Waals surface area contributed by atoms with Crippen molar-refractivity contribution in [1.82, 2.24) is 0 Å². The Hall–Kier alpha value is 0.420. The van der Waals surface area contributed by atoms with Crippen LogP contribution in [0.5, 0.6) is 0 Å². The summed E-state index contributed by atoms with van der Waals surface area (Å²) in [6.07, 6.45) is 0. The van der Waals surface area contributed by atoms with Crippen LogP contribution in [0, 0.1) is 10.5 Å². The van der Waals surface area contributed by atoms with E-state index in [-0.39, 0.29) is 5.38 Å². The van der Waals surface area contributed by atoms with Crippen molar-refractivity contribution in [2.75, 3.05) is 0 Å². The van der Waals surface area contributed by atoms with Crippen LogP contribution in [-0.2, 0) is 0 Å². The van der Waals surface area contributed by atoms with E-state index in [4.69, 9.17) is 11.6 Å². The molecule has 0 radical (unpaired) electrons. The molecule has 0 saturated carbocycles. The lowest BCUT2D eigenvalue weighted by Gasteiger charge is -2.07. The molecular formula is C12H9BrClIS. The van der Waals surface area contributed by atoms with E-state index in [0.29, 0.717) is 0 Å². The first kappa shape index (κ1) is 12.9. The molecular weight excluding hydrogens is 418 g/mol. The van der Waals surface area contributed by atoms with Gasteiger partial charge in [0, 0.05) is 8.45 Å². The first-order valence-electron chi connectivity index (χ1n) is 4.73. The molecule has 1 aromatic carbocycles. The number of alkyl halides is 1. The number of hydrogen-bond acceptors (Lipinski definition) is 1. The Labute approximate surface area is 126 Å². The highest BCUT2D eigenvalue weighted by Crippen LogP contribution is 2.38. The lowest BCUT2D eigenvalue weighted by Crippen LogP contribution is -1.90. The lowest BCUT2D eigenvalue weighted by atomic mass is 10.1. The van der Waals surface area contributed by atoms with E-state index in [0.717, 1.165) is 5.56 Å². The monoisotopic (exact) mass is 426 g/mol. The first-order valence-corrected chi connectivity index (χ1v) is 7.86. The zero-order chi connectivity index (χ0) is 11.7. The number of hydrogen-bond donors (Lipinski definition) is 0. The standard InChI is InChI=1S/C12H9BrClIS/c1-7-5-10(16-12(7)13)11(14)8-3-2-4-9(15)6-8/h2-6,11H,1H3. The molecule has 0 amide bonds. The van der Waals surface area contributed by atoms with E-state index < -0.39 is 0 Å². The van der Waals surface area contributed by atoms with Gasteiger partial charge in [-0.2, -0.15) is 0 Å². The fourth-order valence-corrected chi connectivity index (χ4v) is 3.91. The van der Waals surface area contributed by atoms with Gasteiger partial charge in [-0.3, -0.25) is 0 Å². The van der Waals surface area contributed by atoms with Crippen molar-refractivity contribution in [3.8, 4) is 0 Å². The third kappa shape index (κ3) is 2.81. The van der Waals surface area contributed by atoms with E-state index in [1.54, 1.807) is 11.3 Å². The second kappa shape index (κ2) is 5.38. The number of aryl methyl sites for hydroxylation is 1. The number of rotatable bonds is 2. The van der Waals surface area contributed by atoms with Gasteiger partial charge >= 0.3 is 0 Å². The molecule has 1 unspecified atom stereocenters. The topological polar surface area (TPSA) is 0 Å². The Bertz CT molecular complexity index is 490. The summed E-state index contributed by atoms with van der Waals surface area (Å²) in [6, 6.07) is 10.5. The molecule has 2 rings (SSSR count). The molecule has 1 heterocycles. The smallest absolute Gasteiger partial charge is 0.0928 e. The van der Waals surface area contributed by atoms with Crippen molar-refractivity contribution in [3.05, 3.63) is 53.7 Å². The molecule has 1 aromatic heterocycles. The minimum absolute atomic E-state index is 0.0512. The minimum Gasteiger partial charge on any atom is -0.131 e. The molecule has 0 nitrogen and oxygen atoms in total. The largest absolute Gasteiger partial charge is 0.131 e. The summed E-state index contributed by atoms with van der Waals surface area (Å²) in [4.78, 5) is 1.19. The molecule has 16 heavy (non-hydrogen) atoms. The van der Waals surface area contributed by atoms with Gasteiger partial charge in [-0.05, 0) is 74.8 Å². The van der Waals surface area contributed by atoms with Crippen LogP contribution in [0.15, 0.2) is 34.1 Å². The van der Waals surface area contributed by atoms with Crippen molar-refractivity contribution < 1.29 is 0 Å². The molecule has 0 saturated heterocycles. The summed E-state index contributed by atoms with van der Waals surface area (Å²) in [5, 5.41) is -0.0512. The summed E-state index contributed by atoms with van der Waals surface area (Å²) >= 11 is 14.0. The molecule has 0 fully saturated rings. The number of thiophene rings is 1. The Kier molecular flexibility index (Phi) is 4.32. The molecule has 0 N–H and O–H groups in total. The van der Waals surface area contributed by atoms with Gasteiger partial charge in [-0.25, -0.2) is 0 Å². The SMILES string of the molecule is Cc1cc(C(Cl)c2cccc(I)c2)sc1Br. The number of benzene rings is 1. The molecule has 0 spiro atoms. The second-order valence-corrected chi connectivity index (χ2v) is 7.61. The van der Waals surface area contributed by atoms with Gasteiger partial charge in [0.15, 0.2) is 0 Å². The summed E-state index contributed by atoms with van der Waals surface area (Å²) in [5.74, 6) is 0. The third-order valence-corrected chi connectivity index (χ3v) is 5.76. The summed E-state index contributed by atoms with van der Waals surface area (Å²) in [7, 11) is 0. The van der Waals surface area contributed by atoms with E-state index >= 15 is 0 Å². The predicted octanol–water partition coefficient (Wildman–Crippen LogP) is 5.75. The van der Waals surface area contributed by atoms with Crippen LogP contribution in [0.3, 0.4) is 0 Å². The molecule has 84 valence electrons. The van der Waals surface area contributed by atoms with Crippen LogP contribution < -0.4 is 0 Å². The highest BCUT2D eigenvalue weighted by molar-refractivity contribution is 14.1. The highest BCUT2D eigenvalue weighted by atomic mass is 127. The quantitative estimate of drug-likeness (QED) is 0.423. The van der Waals surface area contributed by atoms with Crippen molar-refractivity contribution in [3.63, 3.8) is 0 Å². The van der Waals surface area contributed by atoms with E-state index in [2.05, 4.69) is 69.7 Å². The first-order chi connectivity index (χ1) is 7.58. The lowest BCUT2D eigenvalue weighted by molar-refractivity contribution is 1.18. The van der Waals surface area contributed by atoms with Crippen LogP contribution in [0.2, 0.25) is 0 Å². The van der Waals surface area contributed by atoms with Gasteiger partial charge in [0.2, 0.25) is 0 Å². The minimum atomic E-state index is -0.0512. The van der Waals surface area contributed by atoms with Gasteiger partial charge in [0.05, 0.1) is 9.16 Å². The van der Waals surface area contributed by atoms with Crippen LogP contribution in [0.25, 0.3) is 0 Å². The summed E-state index contributed by atoms with van der Waals surface area (Å²) < 4.78 is 2.38. The van der Waals surface area contributed by atoms with Crippen molar-refractivity contribution in [1.29, 1.82) is 0 Å². The zero-order valence-corrected chi connectivity index (χ0v) is 13.8. The van der Waals surface area contributed by atoms with Crippen LogP contribution in [-0.4, -0.2) is 0 Å². The molecule has 4 heteroatoms. The molecule has 2 aromatic rings. The zero-order valence-electron chi connectivity index (χ0n) is 8.51. The van der Waals surface area contributed by atoms with Gasteiger partial charge in [0.25, 0.3) is 0 Å². The van der Waals surface area contributed by atoms with Gasteiger partial charge in [-0.15, -0.1) is 22.9 Å². The fraction of sp³-hybridized carbons (Fsp3) is 0.167. The van der Waals surface area contributed by atoms with E-state index in [1.807, 2.05) is 6.07 Å². The Morgan fingerprint density at radius 3 is 2.69 bits per heavy atom. The van der Waals surface area contributed by atoms with Crippen molar-refractivity contribution >= 4 is 61.5 Å². The van der Waals surface area contributed by atoms with E-state index in [1.165, 1.54) is 17.8 Å². The average Bonchev–Trinajstić information content (AvgIpc) is 2.58. The molecule has 0 aliphatic rings. The van der Waals surface area contributed by atoms with Crippen LogP contribution >= 0.6 is 61.5 Å². The van der Waals surface area contributed by atoms with Crippen LogP contribution in [0.4, 0.5) is 0 Å². The van der Waals surface area contributed by atoms with Crippen molar-refractivity contribution in [2.45, 2.75) is 12.3 Å². The average molecular weight is 428 g/mol. The maximum Gasteiger partial charge on any atom is 0.0928 e. The van der Waals surface area contributed by atoms with Crippen molar-refractivity contribution in [2.24, 2.45) is 0 Å². The number of halogens is 3. The maximum absolute atomic E-state index is 6.48. The summed E-state index contributed by atoms with van der Waals surface area (Å²) in [6.45, 7) is 2.09. The molecule has 0 aliphatic carbocycles. The van der Waals surface area contributed by atoms with E-state index in [9.17, 15) is 0 Å². The van der Waals surface area contributed by atoms with Gasteiger partial charge in [-0.1, -0.05) is 12.1 Å². The Balaban J connectivity index is 2.35. The molecule has 0 aliphatic heterocycles. The normalized spacial score (nSPS) is 12.8. The van der Waals surface area contributed by atoms with Crippen LogP contribution in [0.1, 0.15) is 21.4 Å².